The number of hydrogen-bond acceptors (Lipinski definition) is 3. The molecule has 0 radical (unpaired) electrons. The highest BCUT2D eigenvalue weighted by molar-refractivity contribution is 5.44. The predicted octanol–water partition coefficient (Wildman–Crippen LogP) is 2.12. The summed E-state index contributed by atoms with van der Waals surface area (Å²) in [6.07, 6.45) is 2.28. The second-order valence-corrected chi connectivity index (χ2v) is 3.83. The van der Waals surface area contributed by atoms with Crippen LogP contribution in [0.3, 0.4) is 0 Å². The third kappa shape index (κ3) is 2.42. The van der Waals surface area contributed by atoms with Crippen LogP contribution < -0.4 is 9.47 Å². The van der Waals surface area contributed by atoms with E-state index < -0.39 is 0 Å². The Bertz CT molecular complexity index is 336. The Labute approximate surface area is 89.6 Å². The molecule has 1 atom stereocenters. The molecule has 0 aliphatic carbocycles. The van der Waals surface area contributed by atoms with Crippen molar-refractivity contribution in [3.8, 4) is 11.5 Å². The lowest BCUT2D eigenvalue weighted by Crippen LogP contribution is -2.09. The van der Waals surface area contributed by atoms with Crippen molar-refractivity contribution in [2.45, 2.75) is 32.3 Å². The van der Waals surface area contributed by atoms with Crippen molar-refractivity contribution in [1.29, 1.82) is 0 Å². The van der Waals surface area contributed by atoms with Gasteiger partial charge in [-0.15, -0.1) is 0 Å². The highest BCUT2D eigenvalue weighted by Gasteiger charge is 2.14. The zero-order chi connectivity index (χ0) is 10.7. The Hall–Kier alpha value is -1.22. The average Bonchev–Trinajstić information content (AvgIpc) is 2.65. The van der Waals surface area contributed by atoms with Crippen LogP contribution in [0, 0.1) is 0 Å². The van der Waals surface area contributed by atoms with Crippen molar-refractivity contribution in [2.75, 3.05) is 6.79 Å². The van der Waals surface area contributed by atoms with Gasteiger partial charge in [-0.3, -0.25) is 0 Å². The molecule has 2 rings (SSSR count). The van der Waals surface area contributed by atoms with E-state index in [0.29, 0.717) is 13.2 Å². The van der Waals surface area contributed by atoms with E-state index >= 15 is 0 Å². The smallest absolute Gasteiger partial charge is 0.231 e. The lowest BCUT2D eigenvalue weighted by molar-refractivity contribution is 0.163. The second-order valence-electron chi connectivity index (χ2n) is 3.83. The number of hydrogen-bond donors (Lipinski definition) is 1. The number of rotatable bonds is 4. The van der Waals surface area contributed by atoms with E-state index in [9.17, 15) is 5.11 Å². The first kappa shape index (κ1) is 10.3. The SMILES string of the molecule is CCC[C@@H](O)Cc1ccc2c(c1)OCO2. The van der Waals surface area contributed by atoms with Crippen LogP contribution in [-0.4, -0.2) is 18.0 Å². The maximum atomic E-state index is 9.68. The Kier molecular flexibility index (Phi) is 3.11. The van der Waals surface area contributed by atoms with Crippen LogP contribution in [0.2, 0.25) is 0 Å². The topological polar surface area (TPSA) is 38.7 Å². The normalized spacial score (nSPS) is 15.3. The Balaban J connectivity index is 2.03. The van der Waals surface area contributed by atoms with Crippen molar-refractivity contribution in [1.82, 2.24) is 0 Å². The van der Waals surface area contributed by atoms with Crippen molar-refractivity contribution in [3.63, 3.8) is 0 Å². The summed E-state index contributed by atoms with van der Waals surface area (Å²) < 4.78 is 10.5. The van der Waals surface area contributed by atoms with Gasteiger partial charge >= 0.3 is 0 Å². The lowest BCUT2D eigenvalue weighted by Gasteiger charge is -2.09. The molecule has 1 aromatic carbocycles. The van der Waals surface area contributed by atoms with Gasteiger partial charge in [0.05, 0.1) is 6.10 Å². The van der Waals surface area contributed by atoms with Crippen LogP contribution in [0.15, 0.2) is 18.2 Å². The number of ether oxygens (including phenoxy) is 2. The molecule has 1 heterocycles. The minimum absolute atomic E-state index is 0.254. The van der Waals surface area contributed by atoms with E-state index in [1.807, 2.05) is 18.2 Å². The van der Waals surface area contributed by atoms with Crippen LogP contribution in [0.4, 0.5) is 0 Å². The molecule has 0 amide bonds. The first-order chi connectivity index (χ1) is 7.29. The molecule has 0 bridgehead atoms. The molecule has 0 saturated heterocycles. The molecule has 3 nitrogen and oxygen atoms in total. The number of aliphatic hydroxyl groups excluding tert-OH is 1. The van der Waals surface area contributed by atoms with E-state index in [4.69, 9.17) is 9.47 Å². The Morgan fingerprint density at radius 2 is 2.13 bits per heavy atom. The van der Waals surface area contributed by atoms with E-state index in [0.717, 1.165) is 29.9 Å². The molecule has 3 heteroatoms. The van der Waals surface area contributed by atoms with Crippen molar-refractivity contribution < 1.29 is 14.6 Å². The van der Waals surface area contributed by atoms with Gasteiger partial charge in [-0.25, -0.2) is 0 Å². The fraction of sp³-hybridized carbons (Fsp3) is 0.500. The van der Waals surface area contributed by atoms with Crippen molar-refractivity contribution in [2.24, 2.45) is 0 Å². The maximum Gasteiger partial charge on any atom is 0.231 e. The highest BCUT2D eigenvalue weighted by Crippen LogP contribution is 2.32. The van der Waals surface area contributed by atoms with Gasteiger partial charge < -0.3 is 14.6 Å². The summed E-state index contributed by atoms with van der Waals surface area (Å²) in [4.78, 5) is 0. The van der Waals surface area contributed by atoms with Gasteiger partial charge in [0.2, 0.25) is 6.79 Å². The van der Waals surface area contributed by atoms with E-state index in [1.165, 1.54) is 0 Å². The first-order valence-electron chi connectivity index (χ1n) is 5.36. The molecular formula is C12H16O3. The quantitative estimate of drug-likeness (QED) is 0.823. The van der Waals surface area contributed by atoms with Crippen LogP contribution in [0.1, 0.15) is 25.3 Å². The number of aliphatic hydroxyl groups is 1. The molecular weight excluding hydrogens is 192 g/mol. The molecule has 15 heavy (non-hydrogen) atoms. The number of fused-ring (bicyclic) bond motifs is 1. The molecule has 0 fully saturated rings. The Morgan fingerprint density at radius 1 is 1.33 bits per heavy atom. The van der Waals surface area contributed by atoms with Gasteiger partial charge in [0.15, 0.2) is 11.5 Å². The molecule has 1 aliphatic heterocycles. The monoisotopic (exact) mass is 208 g/mol. The largest absolute Gasteiger partial charge is 0.454 e. The van der Waals surface area contributed by atoms with Crippen LogP contribution in [0.5, 0.6) is 11.5 Å². The Morgan fingerprint density at radius 3 is 2.93 bits per heavy atom. The molecule has 1 aromatic rings. The van der Waals surface area contributed by atoms with Gasteiger partial charge in [0.25, 0.3) is 0 Å². The molecule has 82 valence electrons. The fourth-order valence-electron chi connectivity index (χ4n) is 1.78. The molecule has 0 unspecified atom stereocenters. The molecule has 1 aliphatic rings. The second kappa shape index (κ2) is 4.53. The molecule has 0 saturated carbocycles. The van der Waals surface area contributed by atoms with Crippen molar-refractivity contribution in [3.05, 3.63) is 23.8 Å². The van der Waals surface area contributed by atoms with Gasteiger partial charge in [0.1, 0.15) is 0 Å². The summed E-state index contributed by atoms with van der Waals surface area (Å²) in [5, 5.41) is 9.68. The summed E-state index contributed by atoms with van der Waals surface area (Å²) in [7, 11) is 0. The zero-order valence-electron chi connectivity index (χ0n) is 8.90. The van der Waals surface area contributed by atoms with Crippen LogP contribution >= 0.6 is 0 Å². The van der Waals surface area contributed by atoms with Gasteiger partial charge in [0, 0.05) is 0 Å². The van der Waals surface area contributed by atoms with E-state index in [-0.39, 0.29) is 6.10 Å². The minimum Gasteiger partial charge on any atom is -0.454 e. The molecule has 0 aromatic heterocycles. The molecule has 1 N–H and O–H groups in total. The summed E-state index contributed by atoms with van der Waals surface area (Å²) >= 11 is 0. The van der Waals surface area contributed by atoms with Gasteiger partial charge in [-0.1, -0.05) is 19.4 Å². The third-order valence-electron chi connectivity index (χ3n) is 2.53. The maximum absolute atomic E-state index is 9.68. The summed E-state index contributed by atoms with van der Waals surface area (Å²) in [5.74, 6) is 1.58. The lowest BCUT2D eigenvalue weighted by atomic mass is 10.0. The third-order valence-corrected chi connectivity index (χ3v) is 2.53. The van der Waals surface area contributed by atoms with Gasteiger partial charge in [-0.05, 0) is 30.5 Å². The summed E-state index contributed by atoms with van der Waals surface area (Å²) in [6.45, 7) is 2.37. The van der Waals surface area contributed by atoms with E-state index in [2.05, 4.69) is 6.92 Å². The van der Waals surface area contributed by atoms with Crippen LogP contribution in [-0.2, 0) is 6.42 Å². The minimum atomic E-state index is -0.254. The van der Waals surface area contributed by atoms with Gasteiger partial charge in [-0.2, -0.15) is 0 Å². The predicted molar refractivity (Wildman–Crippen MR) is 57.2 cm³/mol. The van der Waals surface area contributed by atoms with E-state index in [1.54, 1.807) is 0 Å². The number of benzene rings is 1. The fourth-order valence-corrected chi connectivity index (χ4v) is 1.78. The zero-order valence-corrected chi connectivity index (χ0v) is 8.90. The average molecular weight is 208 g/mol. The molecule has 0 spiro atoms. The standard InChI is InChI=1S/C12H16O3/c1-2-3-10(13)6-9-4-5-11-12(7-9)15-8-14-11/h4-5,7,10,13H,2-3,6,8H2,1H3/t10-/m1/s1. The highest BCUT2D eigenvalue weighted by atomic mass is 16.7. The first-order valence-corrected chi connectivity index (χ1v) is 5.36. The van der Waals surface area contributed by atoms with Crippen LogP contribution in [0.25, 0.3) is 0 Å². The summed E-state index contributed by atoms with van der Waals surface area (Å²) in [5.41, 5.74) is 1.10. The summed E-state index contributed by atoms with van der Waals surface area (Å²) in [6, 6.07) is 5.82. The van der Waals surface area contributed by atoms with Crippen molar-refractivity contribution >= 4 is 0 Å².